The van der Waals surface area contributed by atoms with Gasteiger partial charge in [-0.25, -0.2) is 10.4 Å². The first-order valence-electron chi connectivity index (χ1n) is 6.05. The number of halogens is 2. The lowest BCUT2D eigenvalue weighted by atomic mass is 10.2. The topological polar surface area (TPSA) is 73.3 Å². The third-order valence-electron chi connectivity index (χ3n) is 2.82. The van der Waals surface area contributed by atoms with Gasteiger partial charge in [0.2, 0.25) is 5.95 Å². The lowest BCUT2D eigenvalue weighted by Gasteiger charge is -2.02. The number of H-pyrrole nitrogens is 1. The molecule has 0 saturated heterocycles. The van der Waals surface area contributed by atoms with Gasteiger partial charge in [-0.1, -0.05) is 35.3 Å². The van der Waals surface area contributed by atoms with Crippen molar-refractivity contribution in [2.75, 3.05) is 5.43 Å². The summed E-state index contributed by atoms with van der Waals surface area (Å²) < 4.78 is 0. The number of hydrogen-bond donors (Lipinski definition) is 3. The highest BCUT2D eigenvalue weighted by atomic mass is 35.5. The molecule has 0 atom stereocenters. The highest BCUT2D eigenvalue weighted by molar-refractivity contribution is 6.36. The van der Waals surface area contributed by atoms with Gasteiger partial charge in [0, 0.05) is 10.6 Å². The van der Waals surface area contributed by atoms with E-state index in [-0.39, 0.29) is 10.8 Å². The third kappa shape index (κ3) is 2.94. The minimum atomic E-state index is -0.0729. The molecule has 0 radical (unpaired) electrons. The molecule has 0 fully saturated rings. The van der Waals surface area contributed by atoms with Gasteiger partial charge in [0.1, 0.15) is 5.75 Å². The fraction of sp³-hybridized carbons (Fsp3) is 0. The van der Waals surface area contributed by atoms with E-state index in [2.05, 4.69) is 20.5 Å². The van der Waals surface area contributed by atoms with Gasteiger partial charge < -0.3 is 10.1 Å². The summed E-state index contributed by atoms with van der Waals surface area (Å²) in [5.41, 5.74) is 4.91. The summed E-state index contributed by atoms with van der Waals surface area (Å²) in [5.74, 6) is 0.427. The lowest BCUT2D eigenvalue weighted by molar-refractivity contribution is 0.475. The minimum Gasteiger partial charge on any atom is -0.506 e. The second-order valence-corrected chi connectivity index (χ2v) is 5.14. The molecule has 21 heavy (non-hydrogen) atoms. The first-order chi connectivity index (χ1) is 10.1. The van der Waals surface area contributed by atoms with E-state index >= 15 is 0 Å². The van der Waals surface area contributed by atoms with Gasteiger partial charge >= 0.3 is 0 Å². The number of rotatable bonds is 3. The van der Waals surface area contributed by atoms with Crippen molar-refractivity contribution in [3.8, 4) is 5.75 Å². The fourth-order valence-corrected chi connectivity index (χ4v) is 2.36. The highest BCUT2D eigenvalue weighted by Gasteiger charge is 2.06. The number of aromatic amines is 1. The van der Waals surface area contributed by atoms with Crippen LogP contribution in [0.15, 0.2) is 41.5 Å². The quantitative estimate of drug-likeness (QED) is 0.504. The maximum atomic E-state index is 9.80. The van der Waals surface area contributed by atoms with Crippen LogP contribution in [0.4, 0.5) is 5.95 Å². The highest BCUT2D eigenvalue weighted by Crippen LogP contribution is 2.30. The van der Waals surface area contributed by atoms with Crippen LogP contribution < -0.4 is 5.43 Å². The van der Waals surface area contributed by atoms with Crippen molar-refractivity contribution < 1.29 is 5.11 Å². The normalized spacial score (nSPS) is 11.3. The molecule has 3 rings (SSSR count). The standard InChI is InChI=1S/C14H10Cl2N4O/c15-9-5-8(13(21)10(16)6-9)7-17-20-14-18-11-3-1-2-4-12(11)19-14/h1-7,21H,(H2,18,19,20)/b17-7+. The number of anilines is 1. The van der Waals surface area contributed by atoms with E-state index in [4.69, 9.17) is 23.2 Å². The summed E-state index contributed by atoms with van der Waals surface area (Å²) in [7, 11) is 0. The third-order valence-corrected chi connectivity index (χ3v) is 3.33. The van der Waals surface area contributed by atoms with E-state index in [0.717, 1.165) is 11.0 Å². The van der Waals surface area contributed by atoms with Crippen molar-refractivity contribution in [2.24, 2.45) is 5.10 Å². The molecule has 5 nitrogen and oxygen atoms in total. The van der Waals surface area contributed by atoms with Gasteiger partial charge in [-0.2, -0.15) is 5.10 Å². The molecular formula is C14H10Cl2N4O. The van der Waals surface area contributed by atoms with Gasteiger partial charge in [0.15, 0.2) is 0 Å². The van der Waals surface area contributed by atoms with E-state index in [1.807, 2.05) is 24.3 Å². The molecule has 1 heterocycles. The van der Waals surface area contributed by atoms with Crippen LogP contribution in [-0.4, -0.2) is 21.3 Å². The number of phenolic OH excluding ortho intramolecular Hbond substituents is 1. The molecule has 0 aliphatic rings. The van der Waals surface area contributed by atoms with Crippen molar-refractivity contribution in [3.63, 3.8) is 0 Å². The second-order valence-electron chi connectivity index (χ2n) is 4.30. The number of aromatic nitrogens is 2. The van der Waals surface area contributed by atoms with Gasteiger partial charge in [-0.3, -0.25) is 0 Å². The van der Waals surface area contributed by atoms with Crippen LogP contribution in [0.3, 0.4) is 0 Å². The number of hydrazone groups is 1. The largest absolute Gasteiger partial charge is 0.506 e. The van der Waals surface area contributed by atoms with Crippen molar-refractivity contribution in [3.05, 3.63) is 52.0 Å². The maximum Gasteiger partial charge on any atom is 0.222 e. The lowest BCUT2D eigenvalue weighted by Crippen LogP contribution is -1.93. The minimum absolute atomic E-state index is 0.0729. The zero-order valence-electron chi connectivity index (χ0n) is 10.6. The summed E-state index contributed by atoms with van der Waals surface area (Å²) in [6, 6.07) is 10.7. The number of benzene rings is 2. The van der Waals surface area contributed by atoms with Crippen molar-refractivity contribution in [1.29, 1.82) is 0 Å². The van der Waals surface area contributed by atoms with Gasteiger partial charge in [-0.15, -0.1) is 0 Å². The number of aromatic hydroxyl groups is 1. The summed E-state index contributed by atoms with van der Waals surface area (Å²) in [6.45, 7) is 0. The molecule has 0 aliphatic carbocycles. The molecule has 0 bridgehead atoms. The van der Waals surface area contributed by atoms with Crippen molar-refractivity contribution in [1.82, 2.24) is 9.97 Å². The summed E-state index contributed by atoms with van der Waals surface area (Å²) in [4.78, 5) is 7.38. The number of hydrogen-bond acceptors (Lipinski definition) is 4. The van der Waals surface area contributed by atoms with Crippen LogP contribution in [0.1, 0.15) is 5.56 Å². The zero-order valence-corrected chi connectivity index (χ0v) is 12.2. The van der Waals surface area contributed by atoms with Crippen molar-refractivity contribution in [2.45, 2.75) is 0 Å². The number of nitrogens with zero attached hydrogens (tertiary/aromatic N) is 2. The Labute approximate surface area is 130 Å². The average Bonchev–Trinajstić information content (AvgIpc) is 2.86. The van der Waals surface area contributed by atoms with E-state index < -0.39 is 0 Å². The SMILES string of the molecule is Oc1c(Cl)cc(Cl)cc1/C=N/Nc1nc2ccccc2[nH]1. The first kappa shape index (κ1) is 13.7. The Bertz CT molecular complexity index is 796. The predicted octanol–water partition coefficient (Wildman–Crippen LogP) is 4.02. The fourth-order valence-electron chi connectivity index (χ4n) is 1.85. The Morgan fingerprint density at radius 2 is 2.05 bits per heavy atom. The molecular weight excluding hydrogens is 311 g/mol. The second kappa shape index (κ2) is 5.63. The molecule has 0 spiro atoms. The van der Waals surface area contributed by atoms with Gasteiger partial charge in [-0.05, 0) is 24.3 Å². The smallest absolute Gasteiger partial charge is 0.222 e. The van der Waals surface area contributed by atoms with Crippen LogP contribution in [0, 0.1) is 0 Å². The Morgan fingerprint density at radius 3 is 2.86 bits per heavy atom. The van der Waals surface area contributed by atoms with E-state index in [9.17, 15) is 5.11 Å². The molecule has 7 heteroatoms. The molecule has 2 aromatic carbocycles. The van der Waals surface area contributed by atoms with Crippen LogP contribution in [0.2, 0.25) is 10.0 Å². The molecule has 0 amide bonds. The van der Waals surface area contributed by atoms with Crippen LogP contribution >= 0.6 is 23.2 Å². The zero-order chi connectivity index (χ0) is 14.8. The Morgan fingerprint density at radius 1 is 1.24 bits per heavy atom. The molecule has 3 aromatic rings. The van der Waals surface area contributed by atoms with Gasteiger partial charge in [0.05, 0.1) is 22.3 Å². The Hall–Kier alpha value is -2.24. The van der Waals surface area contributed by atoms with Crippen LogP contribution in [0.5, 0.6) is 5.75 Å². The number of phenols is 1. The monoisotopic (exact) mass is 320 g/mol. The number of imidazole rings is 1. The van der Waals surface area contributed by atoms with Gasteiger partial charge in [0.25, 0.3) is 0 Å². The Balaban J connectivity index is 1.81. The number of nitrogens with one attached hydrogen (secondary N) is 2. The van der Waals surface area contributed by atoms with E-state index in [1.54, 1.807) is 6.07 Å². The molecule has 0 saturated carbocycles. The average molecular weight is 321 g/mol. The maximum absolute atomic E-state index is 9.80. The van der Waals surface area contributed by atoms with Crippen LogP contribution in [0.25, 0.3) is 11.0 Å². The number of fused-ring (bicyclic) bond motifs is 1. The predicted molar refractivity (Wildman–Crippen MR) is 85.4 cm³/mol. The molecule has 3 N–H and O–H groups in total. The summed E-state index contributed by atoms with van der Waals surface area (Å²) in [6.07, 6.45) is 1.42. The summed E-state index contributed by atoms with van der Waals surface area (Å²) in [5, 5.41) is 14.4. The molecule has 106 valence electrons. The molecule has 0 aliphatic heterocycles. The van der Waals surface area contributed by atoms with Crippen LogP contribution in [-0.2, 0) is 0 Å². The molecule has 1 aromatic heterocycles. The first-order valence-corrected chi connectivity index (χ1v) is 6.81. The number of para-hydroxylation sites is 2. The summed E-state index contributed by atoms with van der Waals surface area (Å²) >= 11 is 11.7. The Kier molecular flexibility index (Phi) is 3.68. The van der Waals surface area contributed by atoms with Crippen molar-refractivity contribution >= 4 is 46.4 Å². The van der Waals surface area contributed by atoms with E-state index in [1.165, 1.54) is 12.3 Å². The van der Waals surface area contributed by atoms with E-state index in [0.29, 0.717) is 16.5 Å². The molecule has 0 unspecified atom stereocenters.